The molecule has 0 aliphatic rings. The zero-order valence-corrected chi connectivity index (χ0v) is 11.1. The number of hydrogen-bond donors (Lipinski definition) is 2. The zero-order chi connectivity index (χ0) is 13.9. The number of hydrogen-bond acceptors (Lipinski definition) is 5. The van der Waals surface area contributed by atoms with Crippen molar-refractivity contribution in [2.45, 2.75) is 0 Å². The van der Waals surface area contributed by atoms with Crippen LogP contribution < -0.4 is 15.8 Å². The molecule has 0 saturated carbocycles. The summed E-state index contributed by atoms with van der Waals surface area (Å²) in [7, 11) is 1.59. The summed E-state index contributed by atoms with van der Waals surface area (Å²) in [6.07, 6.45) is 0. The van der Waals surface area contributed by atoms with Crippen LogP contribution in [-0.2, 0) is 14.3 Å². The van der Waals surface area contributed by atoms with E-state index in [2.05, 4.69) is 5.32 Å². The molecule has 0 fully saturated rings. The number of carbonyl (C=O) groups excluding carboxylic acids is 1. The first-order chi connectivity index (χ1) is 9.26. The number of anilines is 1. The first-order valence-electron chi connectivity index (χ1n) is 6.05. The van der Waals surface area contributed by atoms with Crippen molar-refractivity contribution in [2.75, 3.05) is 45.4 Å². The molecule has 1 aromatic rings. The van der Waals surface area contributed by atoms with Crippen molar-refractivity contribution < 1.29 is 19.0 Å². The van der Waals surface area contributed by atoms with Crippen molar-refractivity contribution in [2.24, 2.45) is 5.73 Å². The second-order valence-corrected chi connectivity index (χ2v) is 3.73. The van der Waals surface area contributed by atoms with Gasteiger partial charge in [0.15, 0.2) is 0 Å². The molecule has 19 heavy (non-hydrogen) atoms. The van der Waals surface area contributed by atoms with Gasteiger partial charge in [0.1, 0.15) is 12.4 Å². The largest absolute Gasteiger partial charge is 0.497 e. The highest BCUT2D eigenvalue weighted by Crippen LogP contribution is 2.14. The average Bonchev–Trinajstić information content (AvgIpc) is 2.43. The van der Waals surface area contributed by atoms with Crippen LogP contribution in [0.5, 0.6) is 5.75 Å². The molecule has 0 unspecified atom stereocenters. The zero-order valence-electron chi connectivity index (χ0n) is 11.1. The number of nitrogens with one attached hydrogen (secondary N) is 1. The minimum Gasteiger partial charge on any atom is -0.497 e. The summed E-state index contributed by atoms with van der Waals surface area (Å²) >= 11 is 0. The highest BCUT2D eigenvalue weighted by molar-refractivity contribution is 5.91. The Morgan fingerprint density at radius 3 is 2.47 bits per heavy atom. The van der Waals surface area contributed by atoms with Gasteiger partial charge in [-0.15, -0.1) is 0 Å². The van der Waals surface area contributed by atoms with Crippen molar-refractivity contribution in [3.8, 4) is 5.75 Å². The summed E-state index contributed by atoms with van der Waals surface area (Å²) in [5, 5.41) is 2.71. The third-order valence-electron chi connectivity index (χ3n) is 2.24. The molecule has 106 valence electrons. The van der Waals surface area contributed by atoms with Crippen LogP contribution in [-0.4, -0.2) is 46.0 Å². The maximum Gasteiger partial charge on any atom is 0.250 e. The minimum atomic E-state index is -0.205. The maximum absolute atomic E-state index is 11.5. The van der Waals surface area contributed by atoms with Gasteiger partial charge in [-0.3, -0.25) is 4.79 Å². The van der Waals surface area contributed by atoms with Gasteiger partial charge in [-0.05, 0) is 24.3 Å². The van der Waals surface area contributed by atoms with Crippen molar-refractivity contribution in [3.63, 3.8) is 0 Å². The van der Waals surface area contributed by atoms with E-state index in [0.717, 1.165) is 5.75 Å². The smallest absolute Gasteiger partial charge is 0.250 e. The highest BCUT2D eigenvalue weighted by atomic mass is 16.5. The Morgan fingerprint density at radius 2 is 1.84 bits per heavy atom. The molecule has 0 radical (unpaired) electrons. The normalized spacial score (nSPS) is 10.2. The molecule has 0 aliphatic heterocycles. The number of methoxy groups -OCH3 is 1. The van der Waals surface area contributed by atoms with Gasteiger partial charge in [-0.2, -0.15) is 0 Å². The summed E-state index contributed by atoms with van der Waals surface area (Å²) < 4.78 is 15.3. The van der Waals surface area contributed by atoms with Crippen LogP contribution in [0.25, 0.3) is 0 Å². The standard InChI is InChI=1S/C13H20N2O4/c1-17-12-4-2-11(3-5-12)15-13(16)10-19-9-8-18-7-6-14/h2-5H,6-10,14H2,1H3,(H,15,16). The van der Waals surface area contributed by atoms with E-state index in [0.29, 0.717) is 32.1 Å². The van der Waals surface area contributed by atoms with Crippen molar-refractivity contribution >= 4 is 11.6 Å². The second kappa shape index (κ2) is 9.32. The highest BCUT2D eigenvalue weighted by Gasteiger charge is 2.02. The average molecular weight is 268 g/mol. The van der Waals surface area contributed by atoms with Crippen molar-refractivity contribution in [1.82, 2.24) is 0 Å². The van der Waals surface area contributed by atoms with Gasteiger partial charge in [0.25, 0.3) is 0 Å². The van der Waals surface area contributed by atoms with Crippen LogP contribution in [0.15, 0.2) is 24.3 Å². The lowest BCUT2D eigenvalue weighted by atomic mass is 10.3. The fraction of sp³-hybridized carbons (Fsp3) is 0.462. The number of amides is 1. The van der Waals surface area contributed by atoms with Crippen LogP contribution >= 0.6 is 0 Å². The number of benzene rings is 1. The molecular formula is C13H20N2O4. The number of ether oxygens (including phenoxy) is 3. The fourth-order valence-electron chi connectivity index (χ4n) is 1.34. The molecule has 6 heteroatoms. The van der Waals surface area contributed by atoms with E-state index in [-0.39, 0.29) is 12.5 Å². The Morgan fingerprint density at radius 1 is 1.16 bits per heavy atom. The van der Waals surface area contributed by atoms with E-state index in [1.165, 1.54) is 0 Å². The van der Waals surface area contributed by atoms with Crippen LogP contribution in [0.3, 0.4) is 0 Å². The Bertz CT molecular complexity index is 367. The third kappa shape index (κ3) is 6.76. The molecule has 0 spiro atoms. The van der Waals surface area contributed by atoms with Gasteiger partial charge >= 0.3 is 0 Å². The molecule has 1 rings (SSSR count). The minimum absolute atomic E-state index is 0.00197. The molecule has 0 aromatic heterocycles. The van der Waals surface area contributed by atoms with Crippen LogP contribution in [0, 0.1) is 0 Å². The predicted molar refractivity (Wildman–Crippen MR) is 72.3 cm³/mol. The van der Waals surface area contributed by atoms with Gasteiger partial charge in [-0.25, -0.2) is 0 Å². The summed E-state index contributed by atoms with van der Waals surface area (Å²) in [5.41, 5.74) is 5.96. The fourth-order valence-corrected chi connectivity index (χ4v) is 1.34. The van der Waals surface area contributed by atoms with E-state index < -0.39 is 0 Å². The number of nitrogens with two attached hydrogens (primary N) is 1. The summed E-state index contributed by atoms with van der Waals surface area (Å²) in [5.74, 6) is 0.537. The van der Waals surface area contributed by atoms with Gasteiger partial charge in [0.2, 0.25) is 5.91 Å². The molecule has 6 nitrogen and oxygen atoms in total. The molecule has 0 saturated heterocycles. The summed E-state index contributed by atoms with van der Waals surface area (Å²) in [4.78, 5) is 11.5. The summed E-state index contributed by atoms with van der Waals surface area (Å²) in [6, 6.07) is 7.08. The Labute approximate surface area is 112 Å². The number of carbonyl (C=O) groups is 1. The van der Waals surface area contributed by atoms with Gasteiger partial charge < -0.3 is 25.3 Å². The predicted octanol–water partition coefficient (Wildman–Crippen LogP) is 0.626. The van der Waals surface area contributed by atoms with Gasteiger partial charge in [0, 0.05) is 12.2 Å². The van der Waals surface area contributed by atoms with E-state index in [4.69, 9.17) is 19.9 Å². The quantitative estimate of drug-likeness (QED) is 0.642. The Kier molecular flexibility index (Phi) is 7.57. The molecule has 0 bridgehead atoms. The van der Waals surface area contributed by atoms with E-state index in [1.807, 2.05) is 0 Å². The Balaban J connectivity index is 2.16. The molecule has 1 amide bonds. The van der Waals surface area contributed by atoms with Crippen LogP contribution in [0.4, 0.5) is 5.69 Å². The summed E-state index contributed by atoms with van der Waals surface area (Å²) in [6.45, 7) is 1.79. The second-order valence-electron chi connectivity index (χ2n) is 3.73. The van der Waals surface area contributed by atoms with Crippen LogP contribution in [0.2, 0.25) is 0 Å². The lowest BCUT2D eigenvalue weighted by Gasteiger charge is -2.07. The van der Waals surface area contributed by atoms with Crippen LogP contribution in [0.1, 0.15) is 0 Å². The SMILES string of the molecule is COc1ccc(NC(=O)COCCOCCN)cc1. The molecule has 3 N–H and O–H groups in total. The Hall–Kier alpha value is -1.63. The van der Waals surface area contributed by atoms with Gasteiger partial charge in [-0.1, -0.05) is 0 Å². The third-order valence-corrected chi connectivity index (χ3v) is 2.24. The van der Waals surface area contributed by atoms with E-state index >= 15 is 0 Å². The van der Waals surface area contributed by atoms with Crippen molar-refractivity contribution in [3.05, 3.63) is 24.3 Å². The molecule has 1 aromatic carbocycles. The molecule has 0 aliphatic carbocycles. The molecule has 0 atom stereocenters. The lowest BCUT2D eigenvalue weighted by molar-refractivity contribution is -0.121. The first-order valence-corrected chi connectivity index (χ1v) is 6.05. The topological polar surface area (TPSA) is 82.8 Å². The molecule has 0 heterocycles. The first kappa shape index (κ1) is 15.4. The number of rotatable bonds is 9. The maximum atomic E-state index is 11.5. The van der Waals surface area contributed by atoms with E-state index in [9.17, 15) is 4.79 Å². The monoisotopic (exact) mass is 268 g/mol. The molecular weight excluding hydrogens is 248 g/mol. The van der Waals surface area contributed by atoms with E-state index in [1.54, 1.807) is 31.4 Å². The van der Waals surface area contributed by atoms with Crippen molar-refractivity contribution in [1.29, 1.82) is 0 Å². The lowest BCUT2D eigenvalue weighted by Crippen LogP contribution is -2.20. The van der Waals surface area contributed by atoms with Gasteiger partial charge in [0.05, 0.1) is 26.9 Å².